The second kappa shape index (κ2) is 8.13. The highest BCUT2D eigenvalue weighted by molar-refractivity contribution is 7.19. The molecular formula is C25H29N5O2S. The summed E-state index contributed by atoms with van der Waals surface area (Å²) in [6, 6.07) is 9.17. The van der Waals surface area contributed by atoms with E-state index in [1.54, 1.807) is 22.6 Å². The highest BCUT2D eigenvalue weighted by atomic mass is 32.1. The van der Waals surface area contributed by atoms with E-state index in [-0.39, 0.29) is 17.7 Å². The molecule has 1 saturated carbocycles. The number of piperidine rings is 1. The molecule has 1 amide bonds. The third-order valence-corrected chi connectivity index (χ3v) is 8.48. The Labute approximate surface area is 197 Å². The van der Waals surface area contributed by atoms with Gasteiger partial charge in [-0.2, -0.15) is 0 Å². The quantitative estimate of drug-likeness (QED) is 0.606. The van der Waals surface area contributed by atoms with Crippen LogP contribution in [-0.2, 0) is 17.9 Å². The number of nitrogens with one attached hydrogen (secondary N) is 1. The molecule has 2 N–H and O–H groups in total. The van der Waals surface area contributed by atoms with Gasteiger partial charge in [0, 0.05) is 54.5 Å². The predicted molar refractivity (Wildman–Crippen MR) is 128 cm³/mol. The Kier molecular flexibility index (Phi) is 5.21. The van der Waals surface area contributed by atoms with Crippen LogP contribution in [0.5, 0.6) is 0 Å². The molecular weight excluding hydrogens is 434 g/mol. The summed E-state index contributed by atoms with van der Waals surface area (Å²) in [5.74, 6) is 0.249. The number of carbonyl (C=O) groups is 1. The fourth-order valence-electron chi connectivity index (χ4n) is 5.30. The molecule has 7 nitrogen and oxygen atoms in total. The van der Waals surface area contributed by atoms with Crippen LogP contribution in [0.3, 0.4) is 0 Å². The van der Waals surface area contributed by atoms with Crippen LogP contribution < -0.4 is 5.32 Å². The predicted octanol–water partition coefficient (Wildman–Crippen LogP) is 2.76. The van der Waals surface area contributed by atoms with Gasteiger partial charge in [0.25, 0.3) is 0 Å². The molecule has 2 aliphatic heterocycles. The van der Waals surface area contributed by atoms with Gasteiger partial charge in [-0.15, -0.1) is 11.3 Å². The highest BCUT2D eigenvalue weighted by Crippen LogP contribution is 2.50. The number of aryl methyl sites for hydroxylation is 1. The number of nitrogens with zero attached hydrogens (tertiary/aromatic N) is 4. The van der Waals surface area contributed by atoms with Gasteiger partial charge in [0.2, 0.25) is 5.91 Å². The number of hydrogen-bond donors (Lipinski definition) is 2. The number of aromatic nitrogens is 2. The molecule has 0 spiro atoms. The van der Waals surface area contributed by atoms with Crippen molar-refractivity contribution in [3.05, 3.63) is 46.6 Å². The lowest BCUT2D eigenvalue weighted by molar-refractivity contribution is -0.137. The zero-order chi connectivity index (χ0) is 22.7. The lowest BCUT2D eigenvalue weighted by Gasteiger charge is -2.34. The first kappa shape index (κ1) is 21.2. The number of fused-ring (bicyclic) bond motifs is 2. The highest BCUT2D eigenvalue weighted by Gasteiger charge is 2.58. The maximum absolute atomic E-state index is 12.5. The minimum absolute atomic E-state index is 0.0342. The number of benzene rings is 1. The van der Waals surface area contributed by atoms with Crippen molar-refractivity contribution < 1.29 is 9.90 Å². The third-order valence-electron chi connectivity index (χ3n) is 7.36. The molecule has 1 aliphatic carbocycles. The van der Waals surface area contributed by atoms with Crippen molar-refractivity contribution in [2.24, 2.45) is 11.8 Å². The van der Waals surface area contributed by atoms with Crippen LogP contribution in [0.15, 0.2) is 30.6 Å². The molecule has 4 heterocycles. The molecule has 33 heavy (non-hydrogen) atoms. The Morgan fingerprint density at radius 1 is 1.24 bits per heavy atom. The molecule has 3 aliphatic rings. The third kappa shape index (κ3) is 3.75. The Balaban J connectivity index is 1.35. The normalized spacial score (nSPS) is 27.4. The minimum atomic E-state index is -0.650. The summed E-state index contributed by atoms with van der Waals surface area (Å²) in [6.07, 6.45) is 1.82. The van der Waals surface area contributed by atoms with Gasteiger partial charge in [0.1, 0.15) is 12.6 Å². The molecule has 3 aromatic rings. The number of aliphatic hydroxyl groups is 1. The van der Waals surface area contributed by atoms with E-state index in [1.165, 1.54) is 11.1 Å². The number of hydrogen-bond acceptors (Lipinski definition) is 7. The van der Waals surface area contributed by atoms with Crippen molar-refractivity contribution in [1.29, 1.82) is 0 Å². The summed E-state index contributed by atoms with van der Waals surface area (Å²) < 4.78 is 1.04. The molecule has 2 aromatic heterocycles. The molecule has 0 bridgehead atoms. The number of amides is 1. The largest absolute Gasteiger partial charge is 0.373 e. The van der Waals surface area contributed by atoms with E-state index in [9.17, 15) is 9.90 Å². The lowest BCUT2D eigenvalue weighted by atomic mass is 10.00. The standard InChI is InChI=1S/C25H29N5O2S/c1-14-3-4-16(11-29-6-5-26-10-15(29)2)18(7-14)22-23-21(27-13-28-22)8-17(33-23)12-30-24(31)19-9-20(19)25(30)32/h3-4,7-8,13,15,19-20,24,26,31H,5-6,9-12H2,1-2H3/t15-,19?,20?,24?/m0/s1. The van der Waals surface area contributed by atoms with Crippen LogP contribution in [0.4, 0.5) is 0 Å². The summed E-state index contributed by atoms with van der Waals surface area (Å²) in [5.41, 5.74) is 5.48. The minimum Gasteiger partial charge on any atom is -0.373 e. The molecule has 4 atom stereocenters. The summed E-state index contributed by atoms with van der Waals surface area (Å²) in [7, 11) is 0. The van der Waals surface area contributed by atoms with Gasteiger partial charge in [-0.05, 0) is 38.0 Å². The van der Waals surface area contributed by atoms with E-state index in [1.807, 2.05) is 6.07 Å². The van der Waals surface area contributed by atoms with Gasteiger partial charge in [-0.25, -0.2) is 9.97 Å². The average Bonchev–Trinajstić information content (AvgIpc) is 3.44. The smallest absolute Gasteiger partial charge is 0.228 e. The van der Waals surface area contributed by atoms with Crippen molar-refractivity contribution in [3.8, 4) is 11.3 Å². The van der Waals surface area contributed by atoms with Crippen molar-refractivity contribution in [2.45, 2.75) is 45.6 Å². The van der Waals surface area contributed by atoms with E-state index >= 15 is 0 Å². The first-order chi connectivity index (χ1) is 16.0. The molecule has 1 aromatic carbocycles. The van der Waals surface area contributed by atoms with E-state index in [4.69, 9.17) is 4.98 Å². The van der Waals surface area contributed by atoms with Crippen LogP contribution in [0, 0.1) is 18.8 Å². The van der Waals surface area contributed by atoms with E-state index < -0.39 is 6.23 Å². The van der Waals surface area contributed by atoms with Gasteiger partial charge in [0.15, 0.2) is 0 Å². The van der Waals surface area contributed by atoms with Crippen LogP contribution in [0.1, 0.15) is 29.3 Å². The van der Waals surface area contributed by atoms with Gasteiger partial charge in [-0.3, -0.25) is 9.69 Å². The maximum Gasteiger partial charge on any atom is 0.228 e. The monoisotopic (exact) mass is 463 g/mol. The van der Waals surface area contributed by atoms with E-state index in [2.05, 4.69) is 47.2 Å². The molecule has 8 heteroatoms. The summed E-state index contributed by atoms with van der Waals surface area (Å²) >= 11 is 1.63. The Morgan fingerprint density at radius 3 is 2.91 bits per heavy atom. The number of rotatable bonds is 5. The molecule has 3 fully saturated rings. The zero-order valence-electron chi connectivity index (χ0n) is 19.0. The van der Waals surface area contributed by atoms with Crippen molar-refractivity contribution >= 4 is 27.5 Å². The number of thiophene rings is 1. The van der Waals surface area contributed by atoms with Crippen LogP contribution >= 0.6 is 11.3 Å². The van der Waals surface area contributed by atoms with Gasteiger partial charge < -0.3 is 15.3 Å². The number of likely N-dealkylation sites (tertiary alicyclic amines) is 1. The molecule has 3 unspecified atom stereocenters. The Hall–Kier alpha value is -2.39. The number of carbonyl (C=O) groups excluding carboxylic acids is 1. The first-order valence-corrected chi connectivity index (χ1v) is 12.6. The van der Waals surface area contributed by atoms with E-state index in [0.717, 1.165) is 59.0 Å². The molecule has 0 radical (unpaired) electrons. The fraction of sp³-hybridized carbons (Fsp3) is 0.480. The van der Waals surface area contributed by atoms with Crippen molar-refractivity contribution in [3.63, 3.8) is 0 Å². The summed E-state index contributed by atoms with van der Waals surface area (Å²) in [6.45, 7) is 8.77. The van der Waals surface area contributed by atoms with Crippen LogP contribution in [-0.4, -0.2) is 62.7 Å². The summed E-state index contributed by atoms with van der Waals surface area (Å²) in [5, 5.41) is 13.9. The van der Waals surface area contributed by atoms with Gasteiger partial charge >= 0.3 is 0 Å². The Bertz CT molecular complexity index is 1230. The van der Waals surface area contributed by atoms with Crippen LogP contribution in [0.2, 0.25) is 0 Å². The zero-order valence-corrected chi connectivity index (χ0v) is 19.8. The second-order valence-electron chi connectivity index (χ2n) is 9.72. The topological polar surface area (TPSA) is 81.6 Å². The summed E-state index contributed by atoms with van der Waals surface area (Å²) in [4.78, 5) is 26.9. The molecule has 172 valence electrons. The first-order valence-electron chi connectivity index (χ1n) is 11.8. The van der Waals surface area contributed by atoms with E-state index in [0.29, 0.717) is 12.6 Å². The number of aliphatic hydroxyl groups excluding tert-OH is 1. The average molecular weight is 464 g/mol. The maximum atomic E-state index is 12.5. The SMILES string of the molecule is Cc1ccc(CN2CCNC[C@@H]2C)c(-c2ncnc3cc(CN4C(=O)C5CC5C4O)sc23)c1. The molecule has 2 saturated heterocycles. The fourth-order valence-corrected chi connectivity index (χ4v) is 6.41. The Morgan fingerprint density at radius 2 is 2.12 bits per heavy atom. The lowest BCUT2D eigenvalue weighted by Crippen LogP contribution is -2.49. The van der Waals surface area contributed by atoms with Gasteiger partial charge in [0.05, 0.1) is 22.5 Å². The van der Waals surface area contributed by atoms with Gasteiger partial charge in [-0.1, -0.05) is 17.7 Å². The van der Waals surface area contributed by atoms with Crippen molar-refractivity contribution in [2.75, 3.05) is 19.6 Å². The second-order valence-corrected chi connectivity index (χ2v) is 10.9. The molecule has 6 rings (SSSR count). The van der Waals surface area contributed by atoms with Crippen LogP contribution in [0.25, 0.3) is 21.5 Å². The number of piperazine rings is 1. The van der Waals surface area contributed by atoms with Crippen molar-refractivity contribution in [1.82, 2.24) is 25.1 Å².